The summed E-state index contributed by atoms with van der Waals surface area (Å²) in [7, 11) is -0.966. The molecule has 0 aliphatic heterocycles. The van der Waals surface area contributed by atoms with Crippen LogP contribution in [0.2, 0.25) is 10.0 Å². The van der Waals surface area contributed by atoms with Crippen LogP contribution in [0.1, 0.15) is 10.4 Å². The Bertz CT molecular complexity index is 570. The molecule has 0 bridgehead atoms. The van der Waals surface area contributed by atoms with Gasteiger partial charge in [0.15, 0.2) is 0 Å². The normalized spacial score (nSPS) is 11.4. The highest BCUT2D eigenvalue weighted by atomic mass is 35.5. The van der Waals surface area contributed by atoms with Crippen LogP contribution in [0.4, 0.5) is 0 Å². The maximum Gasteiger partial charge on any atom is 0.253 e. The van der Waals surface area contributed by atoms with Crippen LogP contribution in [0.15, 0.2) is 17.0 Å². The molecule has 2 N–H and O–H groups in total. The summed E-state index contributed by atoms with van der Waals surface area (Å²) in [6, 6.07) is 2.40. The summed E-state index contributed by atoms with van der Waals surface area (Å²) in [5, 5.41) is 4.75. The molecule has 8 heteroatoms. The number of nitrogens with zero attached hydrogens (tertiary/aromatic N) is 1. The van der Waals surface area contributed by atoms with E-state index in [0.29, 0.717) is 0 Å². The molecule has 0 heterocycles. The van der Waals surface area contributed by atoms with E-state index in [1.165, 1.54) is 25.1 Å². The molecule has 0 saturated heterocycles. The molecule has 0 aliphatic carbocycles. The van der Waals surface area contributed by atoms with Crippen molar-refractivity contribution in [3.05, 3.63) is 27.7 Å². The number of amides is 1. The van der Waals surface area contributed by atoms with Gasteiger partial charge in [0, 0.05) is 19.7 Å². The van der Waals surface area contributed by atoms with Crippen molar-refractivity contribution in [1.29, 1.82) is 0 Å². The van der Waals surface area contributed by atoms with Crippen molar-refractivity contribution >= 4 is 39.1 Å². The summed E-state index contributed by atoms with van der Waals surface area (Å²) in [6.07, 6.45) is 0. The highest BCUT2D eigenvalue weighted by Gasteiger charge is 2.20. The van der Waals surface area contributed by atoms with Gasteiger partial charge in [0.2, 0.25) is 10.0 Å². The third-order valence-corrected chi connectivity index (χ3v) is 3.80. The molecule has 0 unspecified atom stereocenters. The molecular weight excluding hydrogens is 287 g/mol. The predicted octanol–water partition coefficient (Wildman–Crippen LogP) is 1.34. The molecule has 0 saturated carbocycles. The number of halogens is 2. The smallest absolute Gasteiger partial charge is 0.253 e. The maximum absolute atomic E-state index is 11.7. The third-order valence-electron chi connectivity index (χ3n) is 1.95. The Morgan fingerprint density at radius 1 is 1.29 bits per heavy atom. The molecule has 94 valence electrons. The van der Waals surface area contributed by atoms with E-state index in [1.807, 2.05) is 0 Å². The second kappa shape index (κ2) is 4.81. The van der Waals surface area contributed by atoms with Gasteiger partial charge in [-0.3, -0.25) is 4.79 Å². The van der Waals surface area contributed by atoms with Gasteiger partial charge < -0.3 is 4.90 Å². The lowest BCUT2D eigenvalue weighted by Crippen LogP contribution is -2.22. The molecule has 1 amide bonds. The van der Waals surface area contributed by atoms with E-state index in [-0.39, 0.29) is 20.5 Å². The van der Waals surface area contributed by atoms with Crippen molar-refractivity contribution in [2.75, 3.05) is 14.1 Å². The standard InChI is InChI=1S/C9H10Cl2N2O3S/c1-13(2)9(14)5-3-6(10)8(11)7(4-5)17(12,15)16/h3-4H,1-2H3,(H2,12,15,16). The van der Waals surface area contributed by atoms with Gasteiger partial charge in [-0.15, -0.1) is 0 Å². The van der Waals surface area contributed by atoms with Gasteiger partial charge in [-0.1, -0.05) is 23.2 Å². The number of benzene rings is 1. The number of hydrogen-bond acceptors (Lipinski definition) is 3. The minimum Gasteiger partial charge on any atom is -0.345 e. The molecule has 5 nitrogen and oxygen atoms in total. The molecule has 1 aromatic rings. The molecule has 17 heavy (non-hydrogen) atoms. The second-order valence-corrected chi connectivity index (χ2v) is 5.83. The fraction of sp³-hybridized carbons (Fsp3) is 0.222. The summed E-state index contributed by atoms with van der Waals surface area (Å²) in [5.74, 6) is -0.395. The van der Waals surface area contributed by atoms with Crippen molar-refractivity contribution in [1.82, 2.24) is 4.90 Å². The van der Waals surface area contributed by atoms with E-state index in [0.717, 1.165) is 6.07 Å². The molecule has 1 rings (SSSR count). The van der Waals surface area contributed by atoms with Crippen molar-refractivity contribution in [3.63, 3.8) is 0 Å². The van der Waals surface area contributed by atoms with Crippen LogP contribution in [0.3, 0.4) is 0 Å². The molecular formula is C9H10Cl2N2O3S. The SMILES string of the molecule is CN(C)C(=O)c1cc(Cl)c(Cl)c(S(N)(=O)=O)c1. The third kappa shape index (κ3) is 3.10. The Morgan fingerprint density at radius 3 is 2.24 bits per heavy atom. The molecule has 0 atom stereocenters. The van der Waals surface area contributed by atoms with E-state index in [2.05, 4.69) is 0 Å². The highest BCUT2D eigenvalue weighted by molar-refractivity contribution is 7.89. The van der Waals surface area contributed by atoms with Gasteiger partial charge in [0.25, 0.3) is 5.91 Å². The lowest BCUT2D eigenvalue weighted by molar-refractivity contribution is 0.0827. The van der Waals surface area contributed by atoms with Crippen LogP contribution < -0.4 is 5.14 Å². The first-order chi connectivity index (χ1) is 7.64. The predicted molar refractivity (Wildman–Crippen MR) is 65.9 cm³/mol. The van der Waals surface area contributed by atoms with Gasteiger partial charge in [0.1, 0.15) is 4.90 Å². The summed E-state index contributed by atoms with van der Waals surface area (Å²) in [6.45, 7) is 0. The number of primary sulfonamides is 1. The van der Waals surface area contributed by atoms with E-state index in [1.54, 1.807) is 0 Å². The summed E-state index contributed by atoms with van der Waals surface area (Å²) < 4.78 is 22.5. The first-order valence-electron chi connectivity index (χ1n) is 4.38. The van der Waals surface area contributed by atoms with Crippen LogP contribution in [-0.2, 0) is 10.0 Å². The number of nitrogens with two attached hydrogens (primary N) is 1. The van der Waals surface area contributed by atoms with Gasteiger partial charge in [-0.25, -0.2) is 13.6 Å². The van der Waals surface area contributed by atoms with Crippen LogP contribution in [0.25, 0.3) is 0 Å². The quantitative estimate of drug-likeness (QED) is 0.894. The zero-order valence-corrected chi connectivity index (χ0v) is 11.4. The minimum absolute atomic E-state index is 0.0385. The van der Waals surface area contributed by atoms with Crippen LogP contribution in [0, 0.1) is 0 Å². The Kier molecular flexibility index (Phi) is 4.03. The molecule has 0 spiro atoms. The maximum atomic E-state index is 11.7. The van der Waals surface area contributed by atoms with Crippen LogP contribution >= 0.6 is 23.2 Å². The average Bonchev–Trinajstić information content (AvgIpc) is 2.18. The lowest BCUT2D eigenvalue weighted by Gasteiger charge is -2.12. The van der Waals surface area contributed by atoms with Crippen molar-refractivity contribution in [2.45, 2.75) is 4.90 Å². The second-order valence-electron chi connectivity index (χ2n) is 3.51. The summed E-state index contributed by atoms with van der Waals surface area (Å²) in [5.41, 5.74) is 0.105. The Morgan fingerprint density at radius 2 is 1.82 bits per heavy atom. The minimum atomic E-state index is -4.02. The number of carbonyl (C=O) groups excluding carboxylic acids is 1. The summed E-state index contributed by atoms with van der Waals surface area (Å²) in [4.78, 5) is 12.6. The Balaban J connectivity index is 3.50. The Labute approximate surface area is 109 Å². The first-order valence-corrected chi connectivity index (χ1v) is 6.68. The topological polar surface area (TPSA) is 80.5 Å². The fourth-order valence-electron chi connectivity index (χ4n) is 1.15. The number of hydrogen-bond donors (Lipinski definition) is 1. The fourth-order valence-corrected chi connectivity index (χ4v) is 2.51. The summed E-state index contributed by atoms with van der Waals surface area (Å²) >= 11 is 11.5. The van der Waals surface area contributed by atoms with E-state index < -0.39 is 15.9 Å². The molecule has 1 aromatic carbocycles. The van der Waals surface area contributed by atoms with E-state index >= 15 is 0 Å². The zero-order valence-electron chi connectivity index (χ0n) is 9.07. The average molecular weight is 297 g/mol. The first kappa shape index (κ1) is 14.2. The van der Waals surface area contributed by atoms with Crippen LogP contribution in [0.5, 0.6) is 0 Å². The van der Waals surface area contributed by atoms with Crippen molar-refractivity contribution < 1.29 is 13.2 Å². The zero-order chi connectivity index (χ0) is 13.4. The Hall–Kier alpha value is -0.820. The molecule has 0 radical (unpaired) electrons. The van der Waals surface area contributed by atoms with E-state index in [4.69, 9.17) is 28.3 Å². The van der Waals surface area contributed by atoms with Gasteiger partial charge in [0.05, 0.1) is 10.0 Å². The van der Waals surface area contributed by atoms with Crippen molar-refractivity contribution in [3.8, 4) is 0 Å². The number of carbonyl (C=O) groups is 1. The van der Waals surface area contributed by atoms with Gasteiger partial charge in [-0.05, 0) is 12.1 Å². The lowest BCUT2D eigenvalue weighted by atomic mass is 10.2. The molecule has 0 aromatic heterocycles. The van der Waals surface area contributed by atoms with Gasteiger partial charge >= 0.3 is 0 Å². The van der Waals surface area contributed by atoms with Crippen LogP contribution in [-0.4, -0.2) is 33.3 Å². The number of sulfonamides is 1. The van der Waals surface area contributed by atoms with E-state index in [9.17, 15) is 13.2 Å². The highest BCUT2D eigenvalue weighted by Crippen LogP contribution is 2.30. The number of rotatable bonds is 2. The monoisotopic (exact) mass is 296 g/mol. The van der Waals surface area contributed by atoms with Crippen molar-refractivity contribution in [2.24, 2.45) is 5.14 Å². The largest absolute Gasteiger partial charge is 0.345 e. The van der Waals surface area contributed by atoms with Gasteiger partial charge in [-0.2, -0.15) is 0 Å². The molecule has 0 aliphatic rings. The molecule has 0 fully saturated rings.